The Morgan fingerprint density at radius 1 is 1.25 bits per heavy atom. The van der Waals surface area contributed by atoms with E-state index in [2.05, 4.69) is 15.3 Å². The molecule has 0 aliphatic carbocycles. The zero-order valence-electron chi connectivity index (χ0n) is 16.1. The van der Waals surface area contributed by atoms with Crippen molar-refractivity contribution in [3.63, 3.8) is 0 Å². The summed E-state index contributed by atoms with van der Waals surface area (Å²) in [4.78, 5) is 34.1. The second-order valence-corrected chi connectivity index (χ2v) is 9.77. The Kier molecular flexibility index (Phi) is 6.11. The third kappa shape index (κ3) is 4.72. The third-order valence-corrected chi connectivity index (χ3v) is 6.66. The molecule has 3 aromatic rings. The summed E-state index contributed by atoms with van der Waals surface area (Å²) < 4.78 is 38.3. The Bertz CT molecular complexity index is 1280. The topological polar surface area (TPSA) is 139 Å². The second-order valence-electron chi connectivity index (χ2n) is 6.66. The summed E-state index contributed by atoms with van der Waals surface area (Å²) in [6.07, 6.45) is 1.35. The van der Waals surface area contributed by atoms with E-state index in [0.717, 1.165) is 11.3 Å². The van der Waals surface area contributed by atoms with E-state index >= 15 is 0 Å². The van der Waals surface area contributed by atoms with Crippen LogP contribution >= 0.6 is 22.9 Å². The van der Waals surface area contributed by atoms with Gasteiger partial charge in [-0.25, -0.2) is 9.78 Å². The summed E-state index contributed by atoms with van der Waals surface area (Å²) in [7, 11) is -4.45. The van der Waals surface area contributed by atoms with Gasteiger partial charge in [-0.05, 0) is 18.2 Å². The first-order chi connectivity index (χ1) is 15.2. The van der Waals surface area contributed by atoms with Crippen molar-refractivity contribution in [1.29, 1.82) is 0 Å². The highest BCUT2D eigenvalue weighted by atomic mass is 35.5. The fourth-order valence-electron chi connectivity index (χ4n) is 3.05. The Balaban J connectivity index is 1.44. The summed E-state index contributed by atoms with van der Waals surface area (Å²) in [6, 6.07) is 9.03. The minimum absolute atomic E-state index is 0.101. The van der Waals surface area contributed by atoms with Gasteiger partial charge in [-0.3, -0.25) is 19.2 Å². The molecule has 1 atom stereocenters. The van der Waals surface area contributed by atoms with E-state index in [1.165, 1.54) is 35.5 Å². The Labute approximate surface area is 191 Å². The zero-order valence-corrected chi connectivity index (χ0v) is 18.5. The molecule has 2 aromatic heterocycles. The molecule has 4 rings (SSSR count). The van der Waals surface area contributed by atoms with Crippen LogP contribution in [0, 0.1) is 0 Å². The summed E-state index contributed by atoms with van der Waals surface area (Å²) in [5.74, 6) is -0.125. The molecule has 166 valence electrons. The molecule has 1 saturated heterocycles. The van der Waals surface area contributed by atoms with Crippen LogP contribution < -0.4 is 10.2 Å². The van der Waals surface area contributed by atoms with E-state index < -0.39 is 22.3 Å². The fraction of sp³-hybridized carbons (Fsp3) is 0.158. The van der Waals surface area contributed by atoms with Gasteiger partial charge in [0.1, 0.15) is 11.0 Å². The average molecular weight is 495 g/mol. The van der Waals surface area contributed by atoms with Crippen LogP contribution in [0.3, 0.4) is 0 Å². The van der Waals surface area contributed by atoms with E-state index in [1.54, 1.807) is 18.2 Å². The summed E-state index contributed by atoms with van der Waals surface area (Å²) >= 11 is 6.97. The van der Waals surface area contributed by atoms with Gasteiger partial charge in [0.05, 0.1) is 40.4 Å². The molecule has 0 unspecified atom stereocenters. The Hall–Kier alpha value is -3.06. The van der Waals surface area contributed by atoms with Gasteiger partial charge < -0.3 is 10.1 Å². The Morgan fingerprint density at radius 3 is 2.69 bits per heavy atom. The van der Waals surface area contributed by atoms with Gasteiger partial charge in [-0.1, -0.05) is 29.8 Å². The van der Waals surface area contributed by atoms with Gasteiger partial charge in [0, 0.05) is 5.56 Å². The first-order valence-corrected chi connectivity index (χ1v) is 11.8. The molecule has 1 aliphatic heterocycles. The third-order valence-electron chi connectivity index (χ3n) is 4.52. The molecule has 13 heteroatoms. The van der Waals surface area contributed by atoms with Gasteiger partial charge in [0.25, 0.3) is 16.0 Å². The fourth-order valence-corrected chi connectivity index (χ4v) is 4.71. The van der Waals surface area contributed by atoms with Crippen molar-refractivity contribution in [1.82, 2.24) is 15.3 Å². The molecule has 2 amide bonds. The zero-order chi connectivity index (χ0) is 22.9. The largest absolute Gasteiger partial charge is 0.442 e. The minimum Gasteiger partial charge on any atom is -0.442 e. The molecule has 0 radical (unpaired) electrons. The van der Waals surface area contributed by atoms with E-state index in [1.807, 2.05) is 0 Å². The number of rotatable bonds is 6. The van der Waals surface area contributed by atoms with Crippen LogP contribution in [0.5, 0.6) is 0 Å². The predicted molar refractivity (Wildman–Crippen MR) is 117 cm³/mol. The molecule has 10 nitrogen and oxygen atoms in total. The number of hydrogen-bond donors (Lipinski definition) is 2. The molecule has 0 bridgehead atoms. The number of nitrogens with one attached hydrogen (secondary N) is 1. The van der Waals surface area contributed by atoms with E-state index in [4.69, 9.17) is 16.3 Å². The lowest BCUT2D eigenvalue weighted by Crippen LogP contribution is -2.34. The van der Waals surface area contributed by atoms with Crippen LogP contribution in [0.2, 0.25) is 4.34 Å². The van der Waals surface area contributed by atoms with Crippen LogP contribution in [0.1, 0.15) is 9.67 Å². The number of aromatic nitrogens is 2. The number of thiophene rings is 1. The number of cyclic esters (lactones) is 1. The molecule has 0 saturated carbocycles. The molecule has 1 fully saturated rings. The number of hydrogen-bond acceptors (Lipinski definition) is 8. The van der Waals surface area contributed by atoms with Gasteiger partial charge in [0.15, 0.2) is 5.82 Å². The van der Waals surface area contributed by atoms with Crippen molar-refractivity contribution in [3.8, 4) is 11.3 Å². The maximum Gasteiger partial charge on any atom is 0.416 e. The van der Waals surface area contributed by atoms with E-state index in [-0.39, 0.29) is 41.0 Å². The number of amides is 2. The number of ether oxygens (including phenoxy) is 1. The minimum atomic E-state index is -4.45. The van der Waals surface area contributed by atoms with Crippen molar-refractivity contribution in [2.75, 3.05) is 18.0 Å². The van der Waals surface area contributed by atoms with Crippen LogP contribution in [0.25, 0.3) is 11.3 Å². The number of carbonyl (C=O) groups excluding carboxylic acids is 2. The van der Waals surface area contributed by atoms with Crippen LogP contribution in [-0.4, -0.2) is 54.1 Å². The van der Waals surface area contributed by atoms with Gasteiger partial charge in [-0.2, -0.15) is 8.42 Å². The molecular formula is C19H15ClN4O6S2. The maximum atomic E-state index is 12.2. The molecule has 2 N–H and O–H groups in total. The number of halogens is 1. The second kappa shape index (κ2) is 8.82. The van der Waals surface area contributed by atoms with Gasteiger partial charge in [0.2, 0.25) is 0 Å². The molecule has 1 aliphatic rings. The molecule has 0 spiro atoms. The van der Waals surface area contributed by atoms with E-state index in [0.29, 0.717) is 9.21 Å². The lowest BCUT2D eigenvalue weighted by atomic mass is 10.1. The molecular weight excluding hydrogens is 480 g/mol. The maximum absolute atomic E-state index is 12.2. The predicted octanol–water partition coefficient (Wildman–Crippen LogP) is 2.86. The normalized spacial score (nSPS) is 16.1. The monoisotopic (exact) mass is 494 g/mol. The quantitative estimate of drug-likeness (QED) is 0.499. The van der Waals surface area contributed by atoms with Crippen LogP contribution in [0.15, 0.2) is 53.7 Å². The lowest BCUT2D eigenvalue weighted by Gasteiger charge is -2.12. The van der Waals surface area contributed by atoms with E-state index in [9.17, 15) is 22.6 Å². The van der Waals surface area contributed by atoms with Crippen LogP contribution in [0.4, 0.5) is 10.6 Å². The van der Waals surface area contributed by atoms with Crippen molar-refractivity contribution in [2.45, 2.75) is 11.0 Å². The first-order valence-electron chi connectivity index (χ1n) is 9.13. The molecule has 1 aromatic carbocycles. The van der Waals surface area contributed by atoms with Crippen molar-refractivity contribution >= 4 is 50.9 Å². The lowest BCUT2D eigenvalue weighted by molar-refractivity contribution is 0.0920. The summed E-state index contributed by atoms with van der Waals surface area (Å²) in [5.41, 5.74) is 0.375. The molecule has 32 heavy (non-hydrogen) atoms. The summed E-state index contributed by atoms with van der Waals surface area (Å²) in [5, 5.41) is 2.69. The number of nitrogens with zero attached hydrogens (tertiary/aromatic N) is 3. The van der Waals surface area contributed by atoms with Gasteiger partial charge in [-0.15, -0.1) is 11.3 Å². The van der Waals surface area contributed by atoms with Crippen LogP contribution in [-0.2, 0) is 14.9 Å². The highest BCUT2D eigenvalue weighted by Gasteiger charge is 2.33. The SMILES string of the molecule is O=C(NC[C@H]1CN(c2cnc(-c3ccccc3S(=O)(=O)O)cn2)C(=O)O1)c1ccc(Cl)s1. The first kappa shape index (κ1) is 22.1. The standard InChI is InChI=1S/C19H15ClN4O6S2/c20-16-6-5-14(31-16)18(25)23-7-11-10-24(19(26)30-11)17-9-21-13(8-22-17)12-3-1-2-4-15(12)32(27,28)29/h1-6,8-9,11H,7,10H2,(H,23,25)(H,27,28,29)/t11-/m0/s1. The number of carbonyl (C=O) groups is 2. The Morgan fingerprint density at radius 2 is 2.03 bits per heavy atom. The smallest absolute Gasteiger partial charge is 0.416 e. The van der Waals surface area contributed by atoms with Gasteiger partial charge >= 0.3 is 6.09 Å². The average Bonchev–Trinajstić information content (AvgIpc) is 3.37. The van der Waals surface area contributed by atoms with Crippen molar-refractivity contribution < 1.29 is 27.3 Å². The number of anilines is 1. The number of benzene rings is 1. The summed E-state index contributed by atoms with van der Waals surface area (Å²) in [6.45, 7) is 0.240. The highest BCUT2D eigenvalue weighted by Crippen LogP contribution is 2.27. The highest BCUT2D eigenvalue weighted by molar-refractivity contribution is 7.86. The van der Waals surface area contributed by atoms with Crippen molar-refractivity contribution in [2.24, 2.45) is 0 Å². The molecule has 3 heterocycles. The van der Waals surface area contributed by atoms with Crippen molar-refractivity contribution in [3.05, 3.63) is 58.0 Å².